The van der Waals surface area contributed by atoms with Crippen LogP contribution < -0.4 is 26.3 Å². The number of ether oxygens (including phenoxy) is 2. The van der Waals surface area contributed by atoms with E-state index in [0.29, 0.717) is 16.7 Å². The van der Waals surface area contributed by atoms with Crippen molar-refractivity contribution in [1.29, 1.82) is 0 Å². The number of nitrogens with one attached hydrogen (secondary N) is 1. The number of nitrogen functional groups attached to an aromatic ring is 1. The average Bonchev–Trinajstić information content (AvgIpc) is 2.74. The number of rotatable bonds is 7. The zero-order valence-corrected chi connectivity index (χ0v) is 16.6. The van der Waals surface area contributed by atoms with E-state index in [4.69, 9.17) is 32.5 Å². The van der Waals surface area contributed by atoms with Gasteiger partial charge in [-0.3, -0.25) is 14.6 Å². The van der Waals surface area contributed by atoms with Crippen LogP contribution >= 0.6 is 11.6 Å². The number of nitrogens with zero attached hydrogens (tertiary/aromatic N) is 1. The number of alkyl halides is 1. The molecule has 156 valence electrons. The molecule has 10 heteroatoms. The molecule has 0 saturated heterocycles. The lowest BCUT2D eigenvalue weighted by molar-refractivity contribution is 0.0949. The molecule has 0 saturated carbocycles. The van der Waals surface area contributed by atoms with E-state index < -0.39 is 18.5 Å². The van der Waals surface area contributed by atoms with Gasteiger partial charge in [-0.25, -0.2) is 4.39 Å². The summed E-state index contributed by atoms with van der Waals surface area (Å²) in [5.74, 6) is -0.419. The van der Waals surface area contributed by atoms with Gasteiger partial charge in [0.2, 0.25) is 0 Å². The number of nitrogens with two attached hydrogens (primary N) is 2. The lowest BCUT2D eigenvalue weighted by atomic mass is 10.1. The molecule has 1 aromatic heterocycles. The lowest BCUT2D eigenvalue weighted by Gasteiger charge is -2.14. The summed E-state index contributed by atoms with van der Waals surface area (Å²) in [4.78, 5) is 28.1. The molecule has 3 rings (SSSR count). The molecule has 0 fully saturated rings. The van der Waals surface area contributed by atoms with Gasteiger partial charge in [-0.05, 0) is 24.3 Å². The van der Waals surface area contributed by atoms with Crippen molar-refractivity contribution in [1.82, 2.24) is 10.3 Å². The van der Waals surface area contributed by atoms with Crippen molar-refractivity contribution >= 4 is 40.0 Å². The van der Waals surface area contributed by atoms with E-state index in [1.54, 1.807) is 12.1 Å². The number of carbonyl (C=O) groups is 2. The number of fused-ring (bicyclic) bond motifs is 1. The Labute approximate surface area is 175 Å². The Bertz CT molecular complexity index is 1140. The number of hydrogen-bond acceptors (Lipinski definition) is 6. The molecule has 2 aromatic carbocycles. The first kappa shape index (κ1) is 21.1. The van der Waals surface area contributed by atoms with Crippen LogP contribution in [0.15, 0.2) is 36.5 Å². The first-order valence-corrected chi connectivity index (χ1v) is 9.11. The number of aromatic nitrogens is 1. The number of carbonyl (C=O) groups excluding carboxylic acids is 2. The Kier molecular flexibility index (Phi) is 6.22. The van der Waals surface area contributed by atoms with E-state index in [1.807, 2.05) is 0 Å². The van der Waals surface area contributed by atoms with Crippen molar-refractivity contribution in [3.05, 3.63) is 52.7 Å². The lowest BCUT2D eigenvalue weighted by Crippen LogP contribution is -2.25. The summed E-state index contributed by atoms with van der Waals surface area (Å²) in [5, 5.41) is 2.85. The van der Waals surface area contributed by atoms with Gasteiger partial charge in [0.05, 0.1) is 34.5 Å². The SMILES string of the molecule is COc1cc2nccc(Oc3ccc(C(=O)NCCF)c(Cl)c3N)c2cc1C(N)=O. The van der Waals surface area contributed by atoms with E-state index in [-0.39, 0.29) is 39.9 Å². The topological polar surface area (TPSA) is 130 Å². The minimum absolute atomic E-state index is 0.0261. The molecule has 3 aromatic rings. The Morgan fingerprint density at radius 1 is 1.17 bits per heavy atom. The number of primary amides is 1. The minimum Gasteiger partial charge on any atom is -0.496 e. The second-order valence-electron chi connectivity index (χ2n) is 6.13. The van der Waals surface area contributed by atoms with Crippen molar-refractivity contribution < 1.29 is 23.5 Å². The smallest absolute Gasteiger partial charge is 0.252 e. The van der Waals surface area contributed by atoms with Gasteiger partial charge >= 0.3 is 0 Å². The highest BCUT2D eigenvalue weighted by molar-refractivity contribution is 6.36. The Morgan fingerprint density at radius 3 is 2.60 bits per heavy atom. The van der Waals surface area contributed by atoms with Crippen molar-refractivity contribution in [2.75, 3.05) is 26.1 Å². The quantitative estimate of drug-likeness (QED) is 0.492. The Balaban J connectivity index is 2.02. The predicted octanol–water partition coefficient (Wildman–Crippen LogP) is 3.07. The molecular formula is C20H18ClFN4O4. The molecular weight excluding hydrogens is 415 g/mol. The molecule has 0 unspecified atom stereocenters. The number of anilines is 1. The van der Waals surface area contributed by atoms with Gasteiger partial charge in [0.1, 0.15) is 18.2 Å². The molecule has 8 nitrogen and oxygen atoms in total. The van der Waals surface area contributed by atoms with Crippen molar-refractivity contribution in [2.45, 2.75) is 0 Å². The van der Waals surface area contributed by atoms with Gasteiger partial charge < -0.3 is 26.3 Å². The fourth-order valence-electron chi connectivity index (χ4n) is 2.81. The maximum atomic E-state index is 12.3. The highest BCUT2D eigenvalue weighted by Gasteiger charge is 2.18. The van der Waals surface area contributed by atoms with Crippen LogP contribution in [0.1, 0.15) is 20.7 Å². The summed E-state index contributed by atoms with van der Waals surface area (Å²) < 4.78 is 23.4. The van der Waals surface area contributed by atoms with Crippen molar-refractivity contribution in [3.63, 3.8) is 0 Å². The number of hydrogen-bond donors (Lipinski definition) is 3. The van der Waals surface area contributed by atoms with E-state index in [2.05, 4.69) is 10.3 Å². The molecule has 0 atom stereocenters. The first-order chi connectivity index (χ1) is 14.4. The molecule has 1 heterocycles. The average molecular weight is 433 g/mol. The van der Waals surface area contributed by atoms with Crippen LogP contribution in [-0.4, -0.2) is 37.1 Å². The van der Waals surface area contributed by atoms with Gasteiger partial charge in [-0.1, -0.05) is 11.6 Å². The second-order valence-corrected chi connectivity index (χ2v) is 6.51. The number of benzene rings is 2. The third-order valence-electron chi connectivity index (χ3n) is 4.27. The van der Waals surface area contributed by atoms with Crippen LogP contribution in [-0.2, 0) is 0 Å². The van der Waals surface area contributed by atoms with E-state index >= 15 is 0 Å². The molecule has 2 amide bonds. The molecule has 0 radical (unpaired) electrons. The maximum absolute atomic E-state index is 12.3. The van der Waals surface area contributed by atoms with E-state index in [1.165, 1.54) is 31.5 Å². The number of methoxy groups -OCH3 is 1. The van der Waals surface area contributed by atoms with Crippen molar-refractivity contribution in [3.8, 4) is 17.2 Å². The van der Waals surface area contributed by atoms with Gasteiger partial charge in [0.15, 0.2) is 5.75 Å². The summed E-state index contributed by atoms with van der Waals surface area (Å²) in [6.45, 7) is -0.838. The van der Waals surface area contributed by atoms with Gasteiger partial charge in [0.25, 0.3) is 11.8 Å². The predicted molar refractivity (Wildman–Crippen MR) is 111 cm³/mol. The van der Waals surface area contributed by atoms with Gasteiger partial charge in [-0.2, -0.15) is 0 Å². The van der Waals surface area contributed by atoms with Crippen LogP contribution in [0.3, 0.4) is 0 Å². The summed E-state index contributed by atoms with van der Waals surface area (Å²) >= 11 is 6.21. The monoisotopic (exact) mass is 432 g/mol. The maximum Gasteiger partial charge on any atom is 0.252 e. The fourth-order valence-corrected chi connectivity index (χ4v) is 3.05. The molecule has 5 N–H and O–H groups in total. The molecule has 30 heavy (non-hydrogen) atoms. The van der Waals surface area contributed by atoms with E-state index in [9.17, 15) is 14.0 Å². The third-order valence-corrected chi connectivity index (χ3v) is 4.68. The largest absolute Gasteiger partial charge is 0.496 e. The summed E-state index contributed by atoms with van der Waals surface area (Å²) in [5.41, 5.74) is 12.3. The standard InChI is InChI=1S/C20H18ClFN4O4/c1-29-16-9-13-11(8-12(16)19(24)27)14(4-6-25-13)30-15-3-2-10(17(21)18(15)23)20(28)26-7-5-22/h2-4,6,8-9H,5,7,23H2,1H3,(H2,24,27)(H,26,28). The molecule has 0 aliphatic heterocycles. The molecule has 0 aliphatic carbocycles. The Hall–Kier alpha value is -3.59. The van der Waals surface area contributed by atoms with Crippen LogP contribution in [0.2, 0.25) is 5.02 Å². The Morgan fingerprint density at radius 2 is 1.93 bits per heavy atom. The van der Waals surface area contributed by atoms with Gasteiger partial charge in [0, 0.05) is 24.2 Å². The highest BCUT2D eigenvalue weighted by Crippen LogP contribution is 2.38. The summed E-state index contributed by atoms with van der Waals surface area (Å²) in [6.07, 6.45) is 1.51. The van der Waals surface area contributed by atoms with Crippen LogP contribution in [0, 0.1) is 0 Å². The molecule has 0 bridgehead atoms. The molecule has 0 aliphatic rings. The zero-order valence-electron chi connectivity index (χ0n) is 15.9. The zero-order chi connectivity index (χ0) is 21.8. The number of amides is 2. The third kappa shape index (κ3) is 4.06. The normalized spacial score (nSPS) is 10.6. The highest BCUT2D eigenvalue weighted by atomic mass is 35.5. The fraction of sp³-hybridized carbons (Fsp3) is 0.150. The molecule has 0 spiro atoms. The van der Waals surface area contributed by atoms with Crippen LogP contribution in [0.5, 0.6) is 17.2 Å². The van der Waals surface area contributed by atoms with Crippen molar-refractivity contribution in [2.24, 2.45) is 5.73 Å². The van der Waals surface area contributed by atoms with Crippen LogP contribution in [0.25, 0.3) is 10.9 Å². The van der Waals surface area contributed by atoms with E-state index in [0.717, 1.165) is 0 Å². The second kappa shape index (κ2) is 8.83. The first-order valence-electron chi connectivity index (χ1n) is 8.74. The van der Waals surface area contributed by atoms with Gasteiger partial charge in [-0.15, -0.1) is 0 Å². The summed E-state index contributed by atoms with van der Waals surface area (Å²) in [7, 11) is 1.42. The summed E-state index contributed by atoms with van der Waals surface area (Å²) in [6, 6.07) is 7.54. The van der Waals surface area contributed by atoms with Crippen LogP contribution in [0.4, 0.5) is 10.1 Å². The minimum atomic E-state index is -0.701. The number of pyridine rings is 1. The number of halogens is 2.